The van der Waals surface area contributed by atoms with Crippen LogP contribution in [0.1, 0.15) is 18.1 Å². The zero-order valence-electron chi connectivity index (χ0n) is 10.8. The van der Waals surface area contributed by atoms with Crippen LogP contribution in [0.15, 0.2) is 42.5 Å². The average Bonchev–Trinajstić information content (AvgIpc) is 2.41. The number of benzene rings is 3. The molecule has 0 saturated carbocycles. The van der Waals surface area contributed by atoms with Gasteiger partial charge in [0.05, 0.1) is 0 Å². The maximum atomic E-state index is 6.11. The van der Waals surface area contributed by atoms with Crippen molar-refractivity contribution in [3.05, 3.63) is 53.6 Å². The predicted molar refractivity (Wildman–Crippen MR) is 80.0 cm³/mol. The highest BCUT2D eigenvalue weighted by Gasteiger charge is 2.08. The Morgan fingerprint density at radius 2 is 1.78 bits per heavy atom. The van der Waals surface area contributed by atoms with Crippen molar-refractivity contribution >= 4 is 27.2 Å². The molecular formula is C17H17N. The van der Waals surface area contributed by atoms with Gasteiger partial charge in [0.2, 0.25) is 0 Å². The van der Waals surface area contributed by atoms with Gasteiger partial charge in [-0.3, -0.25) is 0 Å². The van der Waals surface area contributed by atoms with Gasteiger partial charge in [0.1, 0.15) is 0 Å². The second-order valence-corrected chi connectivity index (χ2v) is 4.83. The molecule has 0 spiro atoms. The molecule has 1 nitrogen and oxygen atoms in total. The van der Waals surface area contributed by atoms with E-state index in [4.69, 9.17) is 5.73 Å². The standard InChI is InChI=1S/C17H17N/c1-3-12-5-4-6-13-8-9-14-15(18)10-7-11(2)16(14)17(12)13/h4-10H,3,18H2,1-2H3. The number of rotatable bonds is 1. The lowest BCUT2D eigenvalue weighted by Gasteiger charge is -2.12. The first-order chi connectivity index (χ1) is 8.72. The topological polar surface area (TPSA) is 26.0 Å². The Bertz CT molecular complexity index is 741. The summed E-state index contributed by atoms with van der Waals surface area (Å²) in [6, 6.07) is 14.9. The van der Waals surface area contributed by atoms with Gasteiger partial charge in [-0.15, -0.1) is 0 Å². The zero-order chi connectivity index (χ0) is 12.7. The predicted octanol–water partition coefficient (Wildman–Crippen LogP) is 4.45. The third-order valence-electron chi connectivity index (χ3n) is 3.73. The Hall–Kier alpha value is -2.02. The van der Waals surface area contributed by atoms with Crippen LogP contribution in [0.4, 0.5) is 5.69 Å². The molecule has 0 bridgehead atoms. The molecule has 3 rings (SSSR count). The molecule has 2 N–H and O–H groups in total. The number of hydrogen-bond donors (Lipinski definition) is 1. The summed E-state index contributed by atoms with van der Waals surface area (Å²) in [5.74, 6) is 0. The highest BCUT2D eigenvalue weighted by Crippen LogP contribution is 2.33. The number of anilines is 1. The third-order valence-corrected chi connectivity index (χ3v) is 3.73. The molecule has 90 valence electrons. The summed E-state index contributed by atoms with van der Waals surface area (Å²) >= 11 is 0. The fourth-order valence-corrected chi connectivity index (χ4v) is 2.79. The van der Waals surface area contributed by atoms with E-state index in [0.29, 0.717) is 0 Å². The SMILES string of the molecule is CCc1cccc2ccc3c(N)ccc(C)c3c12. The fraction of sp³-hybridized carbons (Fsp3) is 0.176. The molecule has 0 unspecified atom stereocenters. The molecule has 0 amide bonds. The summed E-state index contributed by atoms with van der Waals surface area (Å²) in [6.45, 7) is 4.36. The van der Waals surface area contributed by atoms with Crippen LogP contribution in [-0.4, -0.2) is 0 Å². The first-order valence-corrected chi connectivity index (χ1v) is 6.41. The molecule has 0 atom stereocenters. The molecule has 0 aliphatic carbocycles. The van der Waals surface area contributed by atoms with E-state index < -0.39 is 0 Å². The van der Waals surface area contributed by atoms with Gasteiger partial charge < -0.3 is 5.73 Å². The van der Waals surface area contributed by atoms with Crippen molar-refractivity contribution in [2.75, 3.05) is 5.73 Å². The molecule has 0 heterocycles. The summed E-state index contributed by atoms with van der Waals surface area (Å²) < 4.78 is 0. The minimum atomic E-state index is 0.864. The molecule has 0 saturated heterocycles. The van der Waals surface area contributed by atoms with Crippen LogP contribution in [0.5, 0.6) is 0 Å². The minimum Gasteiger partial charge on any atom is -0.398 e. The van der Waals surface area contributed by atoms with Gasteiger partial charge in [-0.25, -0.2) is 0 Å². The second kappa shape index (κ2) is 4.02. The highest BCUT2D eigenvalue weighted by atomic mass is 14.5. The first-order valence-electron chi connectivity index (χ1n) is 6.41. The van der Waals surface area contributed by atoms with Crippen molar-refractivity contribution in [1.82, 2.24) is 0 Å². The van der Waals surface area contributed by atoms with E-state index in [1.54, 1.807) is 0 Å². The number of nitrogens with two attached hydrogens (primary N) is 1. The van der Waals surface area contributed by atoms with Crippen LogP contribution in [0.3, 0.4) is 0 Å². The molecule has 0 aliphatic rings. The molecule has 0 radical (unpaired) electrons. The van der Waals surface area contributed by atoms with Crippen molar-refractivity contribution < 1.29 is 0 Å². The van der Waals surface area contributed by atoms with Crippen LogP contribution >= 0.6 is 0 Å². The lowest BCUT2D eigenvalue weighted by atomic mass is 9.93. The van der Waals surface area contributed by atoms with Crippen LogP contribution in [-0.2, 0) is 6.42 Å². The maximum absolute atomic E-state index is 6.11. The van der Waals surface area contributed by atoms with Gasteiger partial charge in [0.25, 0.3) is 0 Å². The fourth-order valence-electron chi connectivity index (χ4n) is 2.79. The summed E-state index contributed by atoms with van der Waals surface area (Å²) in [6.07, 6.45) is 1.05. The number of aryl methyl sites for hydroxylation is 2. The van der Waals surface area contributed by atoms with E-state index in [1.165, 1.54) is 32.7 Å². The van der Waals surface area contributed by atoms with Crippen molar-refractivity contribution in [2.24, 2.45) is 0 Å². The van der Waals surface area contributed by atoms with Gasteiger partial charge in [0.15, 0.2) is 0 Å². The summed E-state index contributed by atoms with van der Waals surface area (Å²) in [4.78, 5) is 0. The normalized spacial score (nSPS) is 11.2. The lowest BCUT2D eigenvalue weighted by Crippen LogP contribution is -1.92. The Morgan fingerprint density at radius 1 is 0.944 bits per heavy atom. The maximum Gasteiger partial charge on any atom is 0.0394 e. The summed E-state index contributed by atoms with van der Waals surface area (Å²) in [7, 11) is 0. The van der Waals surface area contributed by atoms with Crippen molar-refractivity contribution in [1.29, 1.82) is 0 Å². The van der Waals surface area contributed by atoms with Gasteiger partial charge >= 0.3 is 0 Å². The molecule has 0 fully saturated rings. The molecule has 1 heteroatoms. The summed E-state index contributed by atoms with van der Waals surface area (Å²) in [5.41, 5.74) is 9.66. The lowest BCUT2D eigenvalue weighted by molar-refractivity contribution is 1.16. The molecule has 0 aliphatic heterocycles. The number of fused-ring (bicyclic) bond motifs is 3. The highest BCUT2D eigenvalue weighted by molar-refractivity contribution is 6.13. The van der Waals surface area contributed by atoms with E-state index in [0.717, 1.165) is 12.1 Å². The largest absolute Gasteiger partial charge is 0.398 e. The van der Waals surface area contributed by atoms with Crippen LogP contribution < -0.4 is 5.73 Å². The van der Waals surface area contributed by atoms with Crippen molar-refractivity contribution in [2.45, 2.75) is 20.3 Å². The number of hydrogen-bond acceptors (Lipinski definition) is 1. The zero-order valence-corrected chi connectivity index (χ0v) is 10.8. The molecule has 0 aromatic heterocycles. The Morgan fingerprint density at radius 3 is 2.56 bits per heavy atom. The van der Waals surface area contributed by atoms with Gasteiger partial charge in [0, 0.05) is 11.1 Å². The Balaban J connectivity index is 2.63. The Labute approximate surface area is 107 Å². The molecular weight excluding hydrogens is 218 g/mol. The first kappa shape index (κ1) is 11.1. The number of nitrogen functional groups attached to an aromatic ring is 1. The van der Waals surface area contributed by atoms with E-state index in [9.17, 15) is 0 Å². The van der Waals surface area contributed by atoms with E-state index >= 15 is 0 Å². The monoisotopic (exact) mass is 235 g/mol. The average molecular weight is 235 g/mol. The van der Waals surface area contributed by atoms with Gasteiger partial charge in [-0.2, -0.15) is 0 Å². The molecule has 3 aromatic rings. The van der Waals surface area contributed by atoms with Crippen molar-refractivity contribution in [3.8, 4) is 0 Å². The van der Waals surface area contributed by atoms with E-state index in [2.05, 4.69) is 50.2 Å². The van der Waals surface area contributed by atoms with Gasteiger partial charge in [-0.1, -0.05) is 43.3 Å². The third kappa shape index (κ3) is 1.47. The molecule has 18 heavy (non-hydrogen) atoms. The summed E-state index contributed by atoms with van der Waals surface area (Å²) in [5, 5.41) is 5.14. The van der Waals surface area contributed by atoms with Crippen LogP contribution in [0, 0.1) is 6.92 Å². The van der Waals surface area contributed by atoms with Gasteiger partial charge in [-0.05, 0) is 46.7 Å². The van der Waals surface area contributed by atoms with E-state index in [-0.39, 0.29) is 0 Å². The minimum absolute atomic E-state index is 0.864. The smallest absolute Gasteiger partial charge is 0.0394 e. The molecule has 3 aromatic carbocycles. The van der Waals surface area contributed by atoms with Crippen molar-refractivity contribution in [3.63, 3.8) is 0 Å². The van der Waals surface area contributed by atoms with Crippen LogP contribution in [0.2, 0.25) is 0 Å². The second-order valence-electron chi connectivity index (χ2n) is 4.83. The van der Waals surface area contributed by atoms with Crippen LogP contribution in [0.25, 0.3) is 21.5 Å². The quantitative estimate of drug-likeness (QED) is 0.489. The Kier molecular flexibility index (Phi) is 2.48. The van der Waals surface area contributed by atoms with E-state index in [1.807, 2.05) is 6.07 Å².